The first-order chi connectivity index (χ1) is 13.6. The number of hydrazone groups is 1. The molecule has 0 fully saturated rings. The van der Waals surface area contributed by atoms with Gasteiger partial charge in [0.1, 0.15) is 0 Å². The van der Waals surface area contributed by atoms with Crippen LogP contribution in [0.5, 0.6) is 11.5 Å². The summed E-state index contributed by atoms with van der Waals surface area (Å²) in [5.74, 6) is -0.0944. The van der Waals surface area contributed by atoms with Crippen LogP contribution in [-0.4, -0.2) is 24.3 Å². The Morgan fingerprint density at radius 2 is 1.68 bits per heavy atom. The molecule has 0 aliphatic rings. The number of amides is 1. The van der Waals surface area contributed by atoms with E-state index in [1.54, 1.807) is 18.2 Å². The summed E-state index contributed by atoms with van der Waals surface area (Å²) < 4.78 is 5.09. The Labute approximate surface area is 163 Å². The number of aromatic hydroxyl groups is 1. The van der Waals surface area contributed by atoms with E-state index >= 15 is 0 Å². The number of rotatable bonds is 6. The normalized spacial score (nSPS) is 10.6. The number of hydrogen-bond acceptors (Lipinski definition) is 4. The van der Waals surface area contributed by atoms with Crippen LogP contribution in [0.1, 0.15) is 5.56 Å². The molecule has 0 saturated carbocycles. The molecule has 0 aliphatic heterocycles. The number of nitrogens with zero attached hydrogens (tertiary/aromatic N) is 2. The second-order valence-electron chi connectivity index (χ2n) is 5.91. The van der Waals surface area contributed by atoms with E-state index in [4.69, 9.17) is 4.74 Å². The minimum atomic E-state index is -0.383. The van der Waals surface area contributed by atoms with E-state index < -0.39 is 0 Å². The van der Waals surface area contributed by atoms with Gasteiger partial charge in [-0.1, -0.05) is 55.1 Å². The molecule has 0 atom stereocenters. The first kappa shape index (κ1) is 18.9. The highest BCUT2D eigenvalue weighted by Crippen LogP contribution is 2.28. The van der Waals surface area contributed by atoms with Crippen molar-refractivity contribution in [2.24, 2.45) is 5.10 Å². The molecule has 0 aromatic heterocycles. The molecule has 3 rings (SSSR count). The van der Waals surface area contributed by atoms with E-state index in [1.807, 2.05) is 54.6 Å². The van der Waals surface area contributed by atoms with Gasteiger partial charge in [0.25, 0.3) is 5.91 Å². The molecule has 5 nitrogen and oxygen atoms in total. The van der Waals surface area contributed by atoms with Gasteiger partial charge < -0.3 is 9.84 Å². The van der Waals surface area contributed by atoms with Crippen molar-refractivity contribution in [3.63, 3.8) is 0 Å². The first-order valence-electron chi connectivity index (χ1n) is 8.66. The zero-order chi connectivity index (χ0) is 19.9. The minimum absolute atomic E-state index is 0.0424. The minimum Gasteiger partial charge on any atom is -0.504 e. The van der Waals surface area contributed by atoms with Crippen LogP contribution in [0.4, 0.5) is 5.69 Å². The number of hydrogen-bond donors (Lipinski definition) is 1. The summed E-state index contributed by atoms with van der Waals surface area (Å²) in [7, 11) is 1.47. The molecule has 0 aliphatic carbocycles. The van der Waals surface area contributed by atoms with Crippen molar-refractivity contribution >= 4 is 17.8 Å². The first-order valence-corrected chi connectivity index (χ1v) is 8.66. The highest BCUT2D eigenvalue weighted by molar-refractivity contribution is 6.02. The summed E-state index contributed by atoms with van der Waals surface area (Å²) in [4.78, 5) is 12.3. The van der Waals surface area contributed by atoms with Crippen molar-refractivity contribution in [3.8, 4) is 22.6 Å². The lowest BCUT2D eigenvalue weighted by atomic mass is 10.1. The molecule has 0 unspecified atom stereocenters. The summed E-state index contributed by atoms with van der Waals surface area (Å²) >= 11 is 0. The van der Waals surface area contributed by atoms with E-state index in [9.17, 15) is 9.90 Å². The van der Waals surface area contributed by atoms with Crippen LogP contribution in [0.2, 0.25) is 0 Å². The van der Waals surface area contributed by atoms with Crippen molar-refractivity contribution < 1.29 is 14.6 Å². The monoisotopic (exact) mass is 372 g/mol. The van der Waals surface area contributed by atoms with E-state index in [1.165, 1.54) is 24.4 Å². The number of carbonyl (C=O) groups excluding carboxylic acids is 1. The van der Waals surface area contributed by atoms with Gasteiger partial charge in [0.05, 0.1) is 19.0 Å². The Kier molecular flexibility index (Phi) is 5.87. The predicted octanol–water partition coefficient (Wildman–Crippen LogP) is 4.62. The van der Waals surface area contributed by atoms with Crippen LogP contribution in [0.25, 0.3) is 11.1 Å². The summed E-state index contributed by atoms with van der Waals surface area (Å²) in [6, 6.07) is 22.5. The molecule has 0 spiro atoms. The number of carbonyl (C=O) groups is 1. The third-order valence-corrected chi connectivity index (χ3v) is 4.16. The van der Waals surface area contributed by atoms with Gasteiger partial charge in [0, 0.05) is 5.56 Å². The Morgan fingerprint density at radius 1 is 1.00 bits per heavy atom. The number of ether oxygens (including phenoxy) is 1. The summed E-state index contributed by atoms with van der Waals surface area (Å²) in [5.41, 5.74) is 3.13. The fourth-order valence-corrected chi connectivity index (χ4v) is 2.69. The molecule has 1 amide bonds. The van der Waals surface area contributed by atoms with Crippen molar-refractivity contribution in [2.75, 3.05) is 12.1 Å². The molecule has 3 aromatic rings. The number of benzene rings is 3. The van der Waals surface area contributed by atoms with Gasteiger partial charge in [-0.25, -0.2) is 0 Å². The molecule has 3 aromatic carbocycles. The standard InChI is InChI=1S/C23H20N2O3/c1-3-22(26)25(24-16-19-10-7-11-21(28-2)23(19)27)20-14-12-18(13-15-20)17-8-5-4-6-9-17/h3-16,27H,1H2,2H3/b24-16+. The summed E-state index contributed by atoms with van der Waals surface area (Å²) in [5, 5.41) is 15.7. The lowest BCUT2D eigenvalue weighted by Gasteiger charge is -2.16. The second-order valence-corrected chi connectivity index (χ2v) is 5.91. The Balaban J connectivity index is 1.91. The summed E-state index contributed by atoms with van der Waals surface area (Å²) in [6.07, 6.45) is 2.60. The quantitative estimate of drug-likeness (QED) is 0.390. The average Bonchev–Trinajstić information content (AvgIpc) is 2.75. The Bertz CT molecular complexity index is 996. The molecule has 0 radical (unpaired) electrons. The zero-order valence-electron chi connectivity index (χ0n) is 15.4. The van der Waals surface area contributed by atoms with Gasteiger partial charge in [-0.2, -0.15) is 10.1 Å². The van der Waals surface area contributed by atoms with Crippen LogP contribution in [-0.2, 0) is 4.79 Å². The fourth-order valence-electron chi connectivity index (χ4n) is 2.69. The van der Waals surface area contributed by atoms with Gasteiger partial charge in [0.15, 0.2) is 11.5 Å². The topological polar surface area (TPSA) is 62.1 Å². The van der Waals surface area contributed by atoms with Gasteiger partial charge in [-0.05, 0) is 41.5 Å². The number of anilines is 1. The van der Waals surface area contributed by atoms with E-state index in [0.717, 1.165) is 11.1 Å². The van der Waals surface area contributed by atoms with E-state index in [-0.39, 0.29) is 11.7 Å². The second kappa shape index (κ2) is 8.68. The van der Waals surface area contributed by atoms with E-state index in [2.05, 4.69) is 11.7 Å². The lowest BCUT2D eigenvalue weighted by Crippen LogP contribution is -2.23. The number of methoxy groups -OCH3 is 1. The molecule has 0 heterocycles. The van der Waals surface area contributed by atoms with Gasteiger partial charge in [-0.3, -0.25) is 4.79 Å². The molecule has 0 bridgehead atoms. The van der Waals surface area contributed by atoms with Gasteiger partial charge >= 0.3 is 0 Å². The zero-order valence-corrected chi connectivity index (χ0v) is 15.4. The van der Waals surface area contributed by atoms with Crippen LogP contribution in [0.3, 0.4) is 0 Å². The highest BCUT2D eigenvalue weighted by atomic mass is 16.5. The van der Waals surface area contributed by atoms with Crippen LogP contribution >= 0.6 is 0 Å². The summed E-state index contributed by atoms with van der Waals surface area (Å²) in [6.45, 7) is 3.54. The third-order valence-electron chi connectivity index (χ3n) is 4.16. The SMILES string of the molecule is C=CC(=O)N(/N=C/c1cccc(OC)c1O)c1ccc(-c2ccccc2)cc1. The Hall–Kier alpha value is -3.86. The number of phenols is 1. The maximum atomic E-state index is 12.3. The van der Waals surface area contributed by atoms with Crippen LogP contribution < -0.4 is 9.75 Å². The largest absolute Gasteiger partial charge is 0.504 e. The molecular weight excluding hydrogens is 352 g/mol. The molecular formula is C23H20N2O3. The number of phenolic OH excluding ortho intramolecular Hbond substituents is 1. The molecule has 0 saturated heterocycles. The van der Waals surface area contributed by atoms with Crippen molar-refractivity contribution in [1.29, 1.82) is 0 Å². The van der Waals surface area contributed by atoms with Crippen molar-refractivity contribution in [2.45, 2.75) is 0 Å². The van der Waals surface area contributed by atoms with Gasteiger partial charge in [0.2, 0.25) is 0 Å². The fraction of sp³-hybridized carbons (Fsp3) is 0.0435. The molecule has 140 valence electrons. The molecule has 5 heteroatoms. The third kappa shape index (κ3) is 4.10. The van der Waals surface area contributed by atoms with Crippen LogP contribution in [0, 0.1) is 0 Å². The molecule has 1 N–H and O–H groups in total. The Morgan fingerprint density at radius 3 is 2.32 bits per heavy atom. The maximum Gasteiger partial charge on any atom is 0.270 e. The predicted molar refractivity (Wildman–Crippen MR) is 112 cm³/mol. The number of para-hydroxylation sites is 1. The van der Waals surface area contributed by atoms with E-state index in [0.29, 0.717) is 17.0 Å². The van der Waals surface area contributed by atoms with Crippen molar-refractivity contribution in [1.82, 2.24) is 0 Å². The van der Waals surface area contributed by atoms with Crippen LogP contribution in [0.15, 0.2) is 90.6 Å². The smallest absolute Gasteiger partial charge is 0.270 e. The van der Waals surface area contributed by atoms with Gasteiger partial charge in [-0.15, -0.1) is 0 Å². The lowest BCUT2D eigenvalue weighted by molar-refractivity contribution is -0.114. The maximum absolute atomic E-state index is 12.3. The van der Waals surface area contributed by atoms with Crippen molar-refractivity contribution in [3.05, 3.63) is 91.0 Å². The average molecular weight is 372 g/mol. The highest BCUT2D eigenvalue weighted by Gasteiger charge is 2.13. The molecule has 28 heavy (non-hydrogen) atoms.